The summed E-state index contributed by atoms with van der Waals surface area (Å²) in [6.45, 7) is 5.33. The van der Waals surface area contributed by atoms with Gasteiger partial charge in [-0.05, 0) is 37.3 Å². The van der Waals surface area contributed by atoms with Crippen molar-refractivity contribution in [1.82, 2.24) is 14.7 Å². The van der Waals surface area contributed by atoms with Crippen LogP contribution < -0.4 is 5.32 Å². The van der Waals surface area contributed by atoms with Gasteiger partial charge in [0.05, 0.1) is 6.61 Å². The summed E-state index contributed by atoms with van der Waals surface area (Å²) in [4.78, 5) is 4.53. The minimum Gasteiger partial charge on any atom is -0.394 e. The average molecular weight is 301 g/mol. The number of aryl methyl sites for hydroxylation is 1. The zero-order valence-electron chi connectivity index (χ0n) is 11.7. The third-order valence-electron chi connectivity index (χ3n) is 3.69. The van der Waals surface area contributed by atoms with Crippen LogP contribution in [0, 0.1) is 0 Å². The highest BCUT2D eigenvalue weighted by molar-refractivity contribution is 8.01. The molecule has 1 aromatic rings. The van der Waals surface area contributed by atoms with E-state index in [1.54, 1.807) is 0 Å². The number of likely N-dealkylation sites (N-methyl/N-ethyl adjacent to an activating group) is 1. The highest BCUT2D eigenvalue weighted by atomic mass is 32.2. The van der Waals surface area contributed by atoms with Crippen molar-refractivity contribution in [2.45, 2.75) is 61.1 Å². The summed E-state index contributed by atoms with van der Waals surface area (Å²) in [7, 11) is 0. The van der Waals surface area contributed by atoms with Crippen molar-refractivity contribution in [2.24, 2.45) is 0 Å². The minimum atomic E-state index is -0.0804. The third-order valence-corrected chi connectivity index (χ3v) is 5.78. The van der Waals surface area contributed by atoms with Crippen molar-refractivity contribution in [2.75, 3.05) is 13.2 Å². The number of rotatable bonds is 6. The summed E-state index contributed by atoms with van der Waals surface area (Å²) >= 11 is 3.35. The highest BCUT2D eigenvalue weighted by Crippen LogP contribution is 2.38. The smallest absolute Gasteiger partial charge is 0.170 e. The maximum atomic E-state index is 9.70. The summed E-state index contributed by atoms with van der Waals surface area (Å²) in [5.41, 5.74) is -0.0804. The van der Waals surface area contributed by atoms with Gasteiger partial charge in [0.25, 0.3) is 0 Å². The molecule has 1 fully saturated rings. The van der Waals surface area contributed by atoms with E-state index in [2.05, 4.69) is 28.5 Å². The number of hydrogen-bond acceptors (Lipinski definition) is 6. The summed E-state index contributed by atoms with van der Waals surface area (Å²) in [6, 6.07) is 0. The summed E-state index contributed by atoms with van der Waals surface area (Å²) in [5, 5.41) is 13.7. The first-order valence-corrected chi connectivity index (χ1v) is 8.72. The molecular weight excluding hydrogens is 278 g/mol. The first-order valence-electron chi connectivity index (χ1n) is 7.06. The molecule has 6 heteroatoms. The van der Waals surface area contributed by atoms with Crippen LogP contribution in [0.1, 0.15) is 45.4 Å². The molecule has 0 amide bonds. The zero-order chi connectivity index (χ0) is 13.7. The van der Waals surface area contributed by atoms with Crippen LogP contribution in [0.5, 0.6) is 0 Å². The first kappa shape index (κ1) is 15.2. The van der Waals surface area contributed by atoms with Crippen LogP contribution in [0.25, 0.3) is 0 Å². The van der Waals surface area contributed by atoms with Crippen LogP contribution in [0.15, 0.2) is 4.34 Å². The largest absolute Gasteiger partial charge is 0.394 e. The van der Waals surface area contributed by atoms with E-state index in [1.807, 2.05) is 11.8 Å². The summed E-state index contributed by atoms with van der Waals surface area (Å²) in [6.07, 6.45) is 5.37. The van der Waals surface area contributed by atoms with E-state index in [9.17, 15) is 5.11 Å². The molecule has 4 nitrogen and oxygen atoms in total. The lowest BCUT2D eigenvalue weighted by Gasteiger charge is -2.39. The van der Waals surface area contributed by atoms with Crippen LogP contribution in [0.3, 0.4) is 0 Å². The van der Waals surface area contributed by atoms with Crippen molar-refractivity contribution < 1.29 is 5.11 Å². The van der Waals surface area contributed by atoms with Gasteiger partial charge < -0.3 is 10.4 Å². The molecule has 1 heterocycles. The monoisotopic (exact) mass is 301 g/mol. The van der Waals surface area contributed by atoms with Crippen molar-refractivity contribution in [1.29, 1.82) is 0 Å². The van der Waals surface area contributed by atoms with E-state index in [-0.39, 0.29) is 12.1 Å². The van der Waals surface area contributed by atoms with Crippen LogP contribution in [-0.4, -0.2) is 38.4 Å². The molecule has 2 unspecified atom stereocenters. The molecule has 1 aromatic heterocycles. The first-order chi connectivity index (χ1) is 9.21. The van der Waals surface area contributed by atoms with Crippen molar-refractivity contribution in [3.05, 3.63) is 5.82 Å². The Kier molecular flexibility index (Phi) is 5.62. The summed E-state index contributed by atoms with van der Waals surface area (Å²) in [5.74, 6) is 0.948. The van der Waals surface area contributed by atoms with Crippen LogP contribution >= 0.6 is 23.3 Å². The quantitative estimate of drug-likeness (QED) is 0.845. The van der Waals surface area contributed by atoms with E-state index in [1.165, 1.54) is 24.4 Å². The molecule has 19 heavy (non-hydrogen) atoms. The van der Waals surface area contributed by atoms with Gasteiger partial charge >= 0.3 is 0 Å². The molecule has 0 aromatic carbocycles. The number of aliphatic hydroxyl groups excluding tert-OH is 1. The fourth-order valence-electron chi connectivity index (χ4n) is 2.72. The maximum Gasteiger partial charge on any atom is 0.170 e. The molecule has 0 bridgehead atoms. The molecular formula is C13H23N3OS2. The Morgan fingerprint density at radius 3 is 3.00 bits per heavy atom. The molecule has 1 aliphatic carbocycles. The predicted molar refractivity (Wildman–Crippen MR) is 80.9 cm³/mol. The molecule has 0 spiro atoms. The van der Waals surface area contributed by atoms with E-state index in [0.717, 1.165) is 36.0 Å². The van der Waals surface area contributed by atoms with Crippen molar-refractivity contribution in [3.8, 4) is 0 Å². The fraction of sp³-hybridized carbons (Fsp3) is 0.846. The molecule has 1 saturated carbocycles. The molecule has 0 aliphatic heterocycles. The van der Waals surface area contributed by atoms with Crippen LogP contribution in [-0.2, 0) is 6.42 Å². The maximum absolute atomic E-state index is 9.70. The van der Waals surface area contributed by atoms with Gasteiger partial charge in [-0.15, -0.1) is 0 Å². The van der Waals surface area contributed by atoms with Crippen molar-refractivity contribution in [3.63, 3.8) is 0 Å². The second kappa shape index (κ2) is 7.02. The Bertz CT molecular complexity index is 395. The van der Waals surface area contributed by atoms with Gasteiger partial charge in [-0.3, -0.25) is 0 Å². The van der Waals surface area contributed by atoms with Gasteiger partial charge in [0.1, 0.15) is 5.82 Å². The fourth-order valence-corrected chi connectivity index (χ4v) is 5.04. The van der Waals surface area contributed by atoms with Gasteiger partial charge in [0.15, 0.2) is 4.34 Å². The highest BCUT2D eigenvalue weighted by Gasteiger charge is 2.35. The van der Waals surface area contributed by atoms with Gasteiger partial charge in [-0.25, -0.2) is 4.98 Å². The lowest BCUT2D eigenvalue weighted by molar-refractivity contribution is 0.125. The minimum absolute atomic E-state index is 0.0804. The molecule has 2 N–H and O–H groups in total. The van der Waals surface area contributed by atoms with Gasteiger partial charge in [-0.1, -0.05) is 32.0 Å². The third kappa shape index (κ3) is 3.90. The lowest BCUT2D eigenvalue weighted by Crippen LogP contribution is -2.52. The van der Waals surface area contributed by atoms with Gasteiger partial charge in [0.2, 0.25) is 0 Å². The van der Waals surface area contributed by atoms with Crippen LogP contribution in [0.4, 0.5) is 0 Å². The standard InChI is InChI=1S/C13H23N3OS2/c1-3-11-15-12(19-16-11)18-10-6-5-7-13(8-10,9-17)14-4-2/h10,14,17H,3-9H2,1-2H3. The Balaban J connectivity index is 1.96. The van der Waals surface area contributed by atoms with Gasteiger partial charge in [0, 0.05) is 17.2 Å². The Hall–Kier alpha value is -0.170. The topological polar surface area (TPSA) is 58.0 Å². The van der Waals surface area contributed by atoms with E-state index in [0.29, 0.717) is 5.25 Å². The average Bonchev–Trinajstić information content (AvgIpc) is 2.87. The molecule has 2 atom stereocenters. The number of aliphatic hydroxyl groups is 1. The number of thioether (sulfide) groups is 1. The number of aromatic nitrogens is 2. The second-order valence-electron chi connectivity index (χ2n) is 5.14. The lowest BCUT2D eigenvalue weighted by atomic mass is 9.82. The molecule has 1 aliphatic rings. The Morgan fingerprint density at radius 1 is 1.53 bits per heavy atom. The number of hydrogen-bond donors (Lipinski definition) is 2. The van der Waals surface area contributed by atoms with Gasteiger partial charge in [-0.2, -0.15) is 4.37 Å². The molecule has 108 valence electrons. The van der Waals surface area contributed by atoms with E-state index >= 15 is 0 Å². The number of nitrogens with zero attached hydrogens (tertiary/aromatic N) is 2. The van der Waals surface area contributed by atoms with E-state index in [4.69, 9.17) is 0 Å². The molecule has 2 rings (SSSR count). The predicted octanol–water partition coefficient (Wildman–Crippen LogP) is 2.48. The second-order valence-corrected chi connectivity index (χ2v) is 7.43. The van der Waals surface area contributed by atoms with E-state index < -0.39 is 0 Å². The SMILES string of the molecule is CCNC1(CO)CCCC(Sc2nc(CC)ns2)C1. The number of nitrogens with one attached hydrogen (secondary N) is 1. The Morgan fingerprint density at radius 2 is 2.37 bits per heavy atom. The zero-order valence-corrected chi connectivity index (χ0v) is 13.3. The molecule has 0 saturated heterocycles. The molecule has 0 radical (unpaired) electrons. The van der Waals surface area contributed by atoms with Crippen molar-refractivity contribution >= 4 is 23.3 Å². The Labute approximate surface area is 123 Å². The van der Waals surface area contributed by atoms with Crippen LogP contribution in [0.2, 0.25) is 0 Å². The summed E-state index contributed by atoms with van der Waals surface area (Å²) < 4.78 is 5.41. The normalized spacial score (nSPS) is 27.6.